The average Bonchev–Trinajstić information content (AvgIpc) is 2.96. The second kappa shape index (κ2) is 5.55. The zero-order chi connectivity index (χ0) is 15.5. The highest BCUT2D eigenvalue weighted by Gasteiger charge is 2.13. The van der Waals surface area contributed by atoms with Gasteiger partial charge in [0, 0.05) is 17.3 Å². The quantitative estimate of drug-likeness (QED) is 0.549. The molecule has 0 atom stereocenters. The van der Waals surface area contributed by atoms with Crippen LogP contribution in [0.2, 0.25) is 0 Å². The SMILES string of the molecule is C#CCOc1cc(-c2ccc(F)nc2)c2c(C#N)cnn2c1. The molecule has 0 amide bonds. The van der Waals surface area contributed by atoms with Crippen LogP contribution in [0.5, 0.6) is 5.75 Å². The van der Waals surface area contributed by atoms with Crippen LogP contribution < -0.4 is 4.74 Å². The van der Waals surface area contributed by atoms with Crippen molar-refractivity contribution in [3.05, 3.63) is 48.3 Å². The summed E-state index contributed by atoms with van der Waals surface area (Å²) in [5.41, 5.74) is 2.32. The first-order chi connectivity index (χ1) is 10.7. The summed E-state index contributed by atoms with van der Waals surface area (Å²) in [7, 11) is 0. The highest BCUT2D eigenvalue weighted by molar-refractivity contribution is 5.84. The van der Waals surface area contributed by atoms with E-state index < -0.39 is 5.95 Å². The molecule has 0 N–H and O–H groups in total. The molecule has 6 heteroatoms. The lowest BCUT2D eigenvalue weighted by Gasteiger charge is -2.09. The number of hydrogen-bond acceptors (Lipinski definition) is 4. The van der Waals surface area contributed by atoms with E-state index in [4.69, 9.17) is 11.2 Å². The van der Waals surface area contributed by atoms with Gasteiger partial charge in [-0.05, 0) is 18.2 Å². The van der Waals surface area contributed by atoms with E-state index in [1.165, 1.54) is 23.0 Å². The van der Waals surface area contributed by atoms with Crippen molar-refractivity contribution in [2.75, 3.05) is 6.61 Å². The average molecular weight is 292 g/mol. The van der Waals surface area contributed by atoms with Crippen molar-refractivity contribution in [1.82, 2.24) is 14.6 Å². The molecule has 0 unspecified atom stereocenters. The number of nitrogens with zero attached hydrogens (tertiary/aromatic N) is 4. The Hall–Kier alpha value is -3.38. The van der Waals surface area contributed by atoms with Crippen LogP contribution in [0, 0.1) is 29.6 Å². The number of terminal acetylenes is 1. The summed E-state index contributed by atoms with van der Waals surface area (Å²) >= 11 is 0. The molecule has 22 heavy (non-hydrogen) atoms. The van der Waals surface area contributed by atoms with E-state index in [1.807, 2.05) is 0 Å². The predicted octanol–water partition coefficient (Wildman–Crippen LogP) is 2.42. The van der Waals surface area contributed by atoms with Gasteiger partial charge in [0.25, 0.3) is 0 Å². The number of nitriles is 1. The molecule has 0 aliphatic heterocycles. The first-order valence-electron chi connectivity index (χ1n) is 6.32. The Bertz CT molecular complexity index is 916. The number of halogens is 1. The first-order valence-corrected chi connectivity index (χ1v) is 6.32. The van der Waals surface area contributed by atoms with Gasteiger partial charge in [-0.1, -0.05) is 5.92 Å². The Morgan fingerprint density at radius 3 is 2.91 bits per heavy atom. The summed E-state index contributed by atoms with van der Waals surface area (Å²) in [5, 5.41) is 13.3. The Balaban J connectivity index is 2.24. The third kappa shape index (κ3) is 2.34. The third-order valence-electron chi connectivity index (χ3n) is 3.07. The summed E-state index contributed by atoms with van der Waals surface area (Å²) in [6.07, 6.45) is 9.67. The molecule has 3 rings (SSSR count). The van der Waals surface area contributed by atoms with Gasteiger partial charge in [-0.3, -0.25) is 0 Å². The molecule has 106 valence electrons. The largest absolute Gasteiger partial charge is 0.479 e. The van der Waals surface area contributed by atoms with Crippen molar-refractivity contribution in [2.24, 2.45) is 0 Å². The van der Waals surface area contributed by atoms with Crippen molar-refractivity contribution >= 4 is 5.52 Å². The van der Waals surface area contributed by atoms with Gasteiger partial charge in [0.05, 0.1) is 23.5 Å². The van der Waals surface area contributed by atoms with Crippen molar-refractivity contribution < 1.29 is 9.13 Å². The second-order valence-corrected chi connectivity index (χ2v) is 4.42. The molecule has 3 heterocycles. The van der Waals surface area contributed by atoms with E-state index in [2.05, 4.69) is 22.1 Å². The van der Waals surface area contributed by atoms with Gasteiger partial charge in [-0.15, -0.1) is 6.42 Å². The van der Waals surface area contributed by atoms with Gasteiger partial charge in [0.15, 0.2) is 0 Å². The van der Waals surface area contributed by atoms with E-state index in [9.17, 15) is 9.65 Å². The molecule has 0 saturated heterocycles. The Kier molecular flexibility index (Phi) is 3.43. The number of aromatic nitrogens is 3. The highest BCUT2D eigenvalue weighted by atomic mass is 19.1. The molecular weight excluding hydrogens is 283 g/mol. The molecule has 0 spiro atoms. The molecule has 0 saturated carbocycles. The topological polar surface area (TPSA) is 63.2 Å². The van der Waals surface area contributed by atoms with Gasteiger partial charge in [0.2, 0.25) is 5.95 Å². The molecule has 0 aliphatic rings. The van der Waals surface area contributed by atoms with Gasteiger partial charge < -0.3 is 4.74 Å². The lowest BCUT2D eigenvalue weighted by atomic mass is 10.1. The maximum absolute atomic E-state index is 13.0. The lowest BCUT2D eigenvalue weighted by Crippen LogP contribution is -1.98. The van der Waals surface area contributed by atoms with E-state index in [0.717, 1.165) is 0 Å². The summed E-state index contributed by atoms with van der Waals surface area (Å²) in [6, 6.07) is 6.64. The molecule has 0 aliphatic carbocycles. The molecule has 0 radical (unpaired) electrons. The minimum atomic E-state index is -0.575. The number of fused-ring (bicyclic) bond motifs is 1. The number of hydrogen-bond donors (Lipinski definition) is 0. The van der Waals surface area contributed by atoms with Crippen LogP contribution in [0.4, 0.5) is 4.39 Å². The van der Waals surface area contributed by atoms with Crippen molar-refractivity contribution in [3.63, 3.8) is 0 Å². The summed E-state index contributed by atoms with van der Waals surface area (Å²) < 4.78 is 20.0. The normalized spacial score (nSPS) is 10.1. The van der Waals surface area contributed by atoms with Crippen LogP contribution in [0.25, 0.3) is 16.6 Å². The lowest BCUT2D eigenvalue weighted by molar-refractivity contribution is 0.368. The van der Waals surface area contributed by atoms with Gasteiger partial charge in [-0.2, -0.15) is 14.8 Å². The summed E-state index contributed by atoms with van der Waals surface area (Å²) in [4.78, 5) is 3.64. The van der Waals surface area contributed by atoms with Crippen molar-refractivity contribution in [1.29, 1.82) is 5.26 Å². The van der Waals surface area contributed by atoms with E-state index >= 15 is 0 Å². The van der Waals surface area contributed by atoms with Crippen molar-refractivity contribution in [2.45, 2.75) is 0 Å². The van der Waals surface area contributed by atoms with Crippen LogP contribution in [0.1, 0.15) is 5.56 Å². The Labute approximate surface area is 125 Å². The van der Waals surface area contributed by atoms with Gasteiger partial charge in [-0.25, -0.2) is 9.50 Å². The minimum absolute atomic E-state index is 0.110. The van der Waals surface area contributed by atoms with Crippen LogP contribution in [-0.4, -0.2) is 21.2 Å². The van der Waals surface area contributed by atoms with E-state index in [0.29, 0.717) is 28.0 Å². The highest BCUT2D eigenvalue weighted by Crippen LogP contribution is 2.30. The van der Waals surface area contributed by atoms with Crippen LogP contribution in [0.3, 0.4) is 0 Å². The zero-order valence-electron chi connectivity index (χ0n) is 11.3. The number of ether oxygens (including phenoxy) is 1. The predicted molar refractivity (Wildman–Crippen MR) is 77.4 cm³/mol. The summed E-state index contributed by atoms with van der Waals surface area (Å²) in [5.74, 6) is 2.30. The monoisotopic (exact) mass is 292 g/mol. The van der Waals surface area contributed by atoms with Gasteiger partial charge in [0.1, 0.15) is 18.4 Å². The smallest absolute Gasteiger partial charge is 0.212 e. The fourth-order valence-electron chi connectivity index (χ4n) is 2.14. The standard InChI is InChI=1S/C16H9FN4O/c1-2-5-22-13-6-14(11-3-4-15(17)19-8-11)16-12(7-18)9-20-21(16)10-13/h1,3-4,6,8-10H,5H2. The Morgan fingerprint density at radius 1 is 1.36 bits per heavy atom. The first kappa shape index (κ1) is 13.6. The zero-order valence-corrected chi connectivity index (χ0v) is 11.3. The fraction of sp³-hybridized carbons (Fsp3) is 0.0625. The molecule has 0 aromatic carbocycles. The van der Waals surface area contributed by atoms with Crippen molar-refractivity contribution in [3.8, 4) is 35.3 Å². The molecule has 3 aromatic heterocycles. The molecular formula is C16H9FN4O. The van der Waals surface area contributed by atoms with Crippen LogP contribution in [-0.2, 0) is 0 Å². The van der Waals surface area contributed by atoms with Crippen LogP contribution in [0.15, 0.2) is 36.8 Å². The van der Waals surface area contributed by atoms with Crippen LogP contribution >= 0.6 is 0 Å². The number of rotatable bonds is 3. The minimum Gasteiger partial charge on any atom is -0.479 e. The molecule has 0 bridgehead atoms. The Morgan fingerprint density at radius 2 is 2.23 bits per heavy atom. The molecule has 0 fully saturated rings. The number of pyridine rings is 2. The van der Waals surface area contributed by atoms with E-state index in [-0.39, 0.29) is 6.61 Å². The molecule has 3 aromatic rings. The van der Waals surface area contributed by atoms with E-state index in [1.54, 1.807) is 18.3 Å². The third-order valence-corrected chi connectivity index (χ3v) is 3.07. The maximum atomic E-state index is 13.0. The fourth-order valence-corrected chi connectivity index (χ4v) is 2.14. The second-order valence-electron chi connectivity index (χ2n) is 4.42. The maximum Gasteiger partial charge on any atom is 0.212 e. The molecule has 5 nitrogen and oxygen atoms in total. The van der Waals surface area contributed by atoms with Gasteiger partial charge >= 0.3 is 0 Å². The summed E-state index contributed by atoms with van der Waals surface area (Å²) in [6.45, 7) is 0.110.